The number of rotatable bonds is 6. The zero-order valence-corrected chi connectivity index (χ0v) is 15.0. The zero-order chi connectivity index (χ0) is 18.8. The minimum absolute atomic E-state index is 0.00499. The van der Waals surface area contributed by atoms with E-state index in [0.29, 0.717) is 16.8 Å². The second kappa shape index (κ2) is 7.28. The summed E-state index contributed by atoms with van der Waals surface area (Å²) >= 11 is 1.53. The van der Waals surface area contributed by atoms with Crippen LogP contribution in [0.25, 0.3) is 10.9 Å². The molecule has 0 radical (unpaired) electrons. The Hall–Kier alpha value is -1.69. The Labute approximate surface area is 148 Å². The van der Waals surface area contributed by atoms with Crippen molar-refractivity contribution in [1.82, 2.24) is 4.57 Å². The molecule has 0 amide bonds. The molecule has 1 heterocycles. The second-order valence-electron chi connectivity index (χ2n) is 5.85. The van der Waals surface area contributed by atoms with Gasteiger partial charge in [-0.2, -0.15) is 30.2 Å². The Bertz CT molecular complexity index is 807. The lowest BCUT2D eigenvalue weighted by molar-refractivity contribution is -0.137. The Morgan fingerprint density at radius 3 is 2.52 bits per heavy atom. The topological polar surface area (TPSA) is 58.2 Å². The monoisotopic (exact) mass is 372 g/mol. The summed E-state index contributed by atoms with van der Waals surface area (Å²) in [6.45, 7) is 3.57. The van der Waals surface area contributed by atoms with Crippen LogP contribution in [0.4, 0.5) is 13.2 Å². The minimum atomic E-state index is -4.64. The number of ether oxygens (including phenoxy) is 1. The predicted molar refractivity (Wildman–Crippen MR) is 91.2 cm³/mol. The lowest BCUT2D eigenvalue weighted by atomic mass is 10.0. The van der Waals surface area contributed by atoms with Crippen LogP contribution in [0.3, 0.4) is 0 Å². The van der Waals surface area contributed by atoms with Gasteiger partial charge in [-0.05, 0) is 30.9 Å². The number of halogens is 3. The third kappa shape index (κ3) is 3.94. The zero-order valence-electron chi connectivity index (χ0n) is 14.1. The standard InChI is InChI=1S/C17H19F3N2O2S/c1-4-25-9-16(2,23)15-6-11-5-12(8-21)13(17(18,19)20)7-14(11)22(15)10-24-3/h5-7,23H,4,9-10H2,1-3H3/t16-/m0/s1. The molecule has 1 aromatic carbocycles. The van der Waals surface area contributed by atoms with Crippen LogP contribution in [0.2, 0.25) is 0 Å². The summed E-state index contributed by atoms with van der Waals surface area (Å²) in [4.78, 5) is 0. The molecule has 2 rings (SSSR count). The van der Waals surface area contributed by atoms with Gasteiger partial charge in [0.25, 0.3) is 0 Å². The van der Waals surface area contributed by atoms with Gasteiger partial charge < -0.3 is 14.4 Å². The highest BCUT2D eigenvalue weighted by atomic mass is 32.2. The summed E-state index contributed by atoms with van der Waals surface area (Å²) < 4.78 is 46.4. The van der Waals surface area contributed by atoms with Crippen LogP contribution < -0.4 is 0 Å². The van der Waals surface area contributed by atoms with Crippen molar-refractivity contribution < 1.29 is 23.0 Å². The van der Waals surface area contributed by atoms with Crippen LogP contribution in [-0.4, -0.2) is 28.3 Å². The van der Waals surface area contributed by atoms with Gasteiger partial charge in [-0.15, -0.1) is 0 Å². The van der Waals surface area contributed by atoms with Gasteiger partial charge in [0.15, 0.2) is 0 Å². The van der Waals surface area contributed by atoms with Crippen molar-refractivity contribution in [3.05, 3.63) is 35.0 Å². The lowest BCUT2D eigenvalue weighted by Crippen LogP contribution is -2.28. The fourth-order valence-corrected chi connectivity index (χ4v) is 3.47. The van der Waals surface area contributed by atoms with Gasteiger partial charge in [0.1, 0.15) is 12.3 Å². The first kappa shape index (κ1) is 19.6. The fraction of sp³-hybridized carbons (Fsp3) is 0.471. The van der Waals surface area contributed by atoms with Crippen molar-refractivity contribution >= 4 is 22.7 Å². The molecule has 8 heteroatoms. The van der Waals surface area contributed by atoms with Crippen LogP contribution >= 0.6 is 11.8 Å². The van der Waals surface area contributed by atoms with Gasteiger partial charge in [-0.25, -0.2) is 0 Å². The van der Waals surface area contributed by atoms with Crippen LogP contribution in [0.15, 0.2) is 18.2 Å². The molecule has 0 fully saturated rings. The summed E-state index contributed by atoms with van der Waals surface area (Å²) in [5.74, 6) is 1.19. The highest BCUT2D eigenvalue weighted by Crippen LogP contribution is 2.37. The molecule has 4 nitrogen and oxygen atoms in total. The van der Waals surface area contributed by atoms with Crippen molar-refractivity contribution in [3.8, 4) is 6.07 Å². The summed E-state index contributed by atoms with van der Waals surface area (Å²) in [6, 6.07) is 5.37. The summed E-state index contributed by atoms with van der Waals surface area (Å²) in [6.07, 6.45) is -4.64. The smallest absolute Gasteiger partial charge is 0.383 e. The van der Waals surface area contributed by atoms with Gasteiger partial charge in [0, 0.05) is 18.2 Å². The Morgan fingerprint density at radius 2 is 2.00 bits per heavy atom. The minimum Gasteiger partial charge on any atom is -0.383 e. The van der Waals surface area contributed by atoms with Crippen molar-refractivity contribution in [2.45, 2.75) is 32.4 Å². The Kier molecular flexibility index (Phi) is 5.72. The van der Waals surface area contributed by atoms with E-state index in [1.165, 1.54) is 29.5 Å². The van der Waals surface area contributed by atoms with Crippen molar-refractivity contribution in [2.24, 2.45) is 0 Å². The van der Waals surface area contributed by atoms with Gasteiger partial charge in [-0.3, -0.25) is 0 Å². The molecule has 0 aliphatic rings. The number of aromatic nitrogens is 1. The van der Waals surface area contributed by atoms with Crippen molar-refractivity contribution in [1.29, 1.82) is 5.26 Å². The van der Waals surface area contributed by atoms with E-state index >= 15 is 0 Å². The Morgan fingerprint density at radius 1 is 1.32 bits per heavy atom. The average molecular weight is 372 g/mol. The van der Waals surface area contributed by atoms with E-state index in [2.05, 4.69) is 0 Å². The molecule has 25 heavy (non-hydrogen) atoms. The molecule has 2 aromatic rings. The van der Waals surface area contributed by atoms with E-state index in [1.54, 1.807) is 19.1 Å². The summed E-state index contributed by atoms with van der Waals surface area (Å²) in [7, 11) is 1.43. The maximum absolute atomic E-state index is 13.2. The molecule has 0 aliphatic carbocycles. The van der Waals surface area contributed by atoms with Gasteiger partial charge in [0.05, 0.1) is 28.4 Å². The first-order valence-corrected chi connectivity index (χ1v) is 8.75. The molecule has 0 unspecified atom stereocenters. The lowest BCUT2D eigenvalue weighted by Gasteiger charge is -2.25. The van der Waals surface area contributed by atoms with E-state index in [-0.39, 0.29) is 12.2 Å². The number of hydrogen-bond acceptors (Lipinski definition) is 4. The number of thioether (sulfide) groups is 1. The van der Waals surface area contributed by atoms with E-state index in [4.69, 9.17) is 10.00 Å². The van der Waals surface area contributed by atoms with Gasteiger partial charge in [0.2, 0.25) is 0 Å². The first-order valence-electron chi connectivity index (χ1n) is 7.59. The number of methoxy groups -OCH3 is 1. The number of nitrogens with zero attached hydrogens (tertiary/aromatic N) is 2. The quantitative estimate of drug-likeness (QED) is 0.830. The molecular weight excluding hydrogens is 353 g/mol. The number of aliphatic hydroxyl groups is 1. The van der Waals surface area contributed by atoms with E-state index < -0.39 is 22.9 Å². The van der Waals surface area contributed by atoms with Crippen molar-refractivity contribution in [3.63, 3.8) is 0 Å². The maximum Gasteiger partial charge on any atom is 0.417 e. The second-order valence-corrected chi connectivity index (χ2v) is 7.13. The summed E-state index contributed by atoms with van der Waals surface area (Å²) in [5, 5.41) is 20.3. The molecule has 0 bridgehead atoms. The Balaban J connectivity index is 2.73. The number of alkyl halides is 3. The molecule has 0 saturated heterocycles. The van der Waals surface area contributed by atoms with Crippen LogP contribution in [0.5, 0.6) is 0 Å². The van der Waals surface area contributed by atoms with E-state index in [0.717, 1.165) is 11.8 Å². The van der Waals surface area contributed by atoms with Crippen LogP contribution in [0, 0.1) is 11.3 Å². The number of benzene rings is 1. The third-order valence-electron chi connectivity index (χ3n) is 3.86. The van der Waals surface area contributed by atoms with Crippen LogP contribution in [-0.2, 0) is 23.2 Å². The molecule has 1 atom stereocenters. The van der Waals surface area contributed by atoms with Crippen LogP contribution in [0.1, 0.15) is 30.7 Å². The van der Waals surface area contributed by atoms with E-state index in [1.807, 2.05) is 6.92 Å². The predicted octanol–water partition coefficient (Wildman–Crippen LogP) is 4.10. The molecular formula is C17H19F3N2O2S. The maximum atomic E-state index is 13.2. The van der Waals surface area contributed by atoms with Gasteiger partial charge >= 0.3 is 6.18 Å². The van der Waals surface area contributed by atoms with E-state index in [9.17, 15) is 18.3 Å². The highest BCUT2D eigenvalue weighted by molar-refractivity contribution is 7.99. The molecule has 1 N–H and O–H groups in total. The SMILES string of the molecule is CCSC[C@](C)(O)c1cc2cc(C#N)c(C(F)(F)F)cc2n1COC. The van der Waals surface area contributed by atoms with Crippen molar-refractivity contribution in [2.75, 3.05) is 18.6 Å². The average Bonchev–Trinajstić information content (AvgIpc) is 2.90. The summed E-state index contributed by atoms with van der Waals surface area (Å²) in [5.41, 5.74) is -1.96. The molecule has 0 saturated carbocycles. The molecule has 1 aromatic heterocycles. The molecule has 0 aliphatic heterocycles. The third-order valence-corrected chi connectivity index (χ3v) is 5.04. The molecule has 0 spiro atoms. The largest absolute Gasteiger partial charge is 0.417 e. The molecule has 136 valence electrons. The normalized spacial score (nSPS) is 14.5. The van der Waals surface area contributed by atoms with Gasteiger partial charge in [-0.1, -0.05) is 6.92 Å². The fourth-order valence-electron chi connectivity index (χ4n) is 2.73. The number of hydrogen-bond donors (Lipinski definition) is 1. The first-order chi connectivity index (χ1) is 11.7. The number of nitriles is 1. The number of fused-ring (bicyclic) bond motifs is 1. The highest BCUT2D eigenvalue weighted by Gasteiger charge is 2.35.